The summed E-state index contributed by atoms with van der Waals surface area (Å²) in [6.07, 6.45) is 2.55. The summed E-state index contributed by atoms with van der Waals surface area (Å²) in [6, 6.07) is 11.3. The first kappa shape index (κ1) is 13.0. The number of ether oxygens (including phenoxy) is 1. The van der Waals surface area contributed by atoms with Crippen molar-refractivity contribution < 1.29 is 4.74 Å². The molecule has 0 amide bonds. The summed E-state index contributed by atoms with van der Waals surface area (Å²) >= 11 is 0. The quantitative estimate of drug-likeness (QED) is 0.359. The second kappa shape index (κ2) is 6.51. The fraction of sp³-hybridized carbons (Fsp3) is 0.143. The van der Waals surface area contributed by atoms with Gasteiger partial charge in [0.15, 0.2) is 5.82 Å². The molecule has 0 aliphatic heterocycles. The second-order valence-electron chi connectivity index (χ2n) is 3.85. The number of hydrogen-bond acceptors (Lipinski definition) is 5. The molecule has 0 saturated heterocycles. The average molecular weight is 256 g/mol. The molecular formula is C14H16N4O. The van der Waals surface area contributed by atoms with E-state index in [0.29, 0.717) is 24.1 Å². The van der Waals surface area contributed by atoms with Crippen molar-refractivity contribution in [3.05, 3.63) is 49.1 Å². The maximum atomic E-state index is 5.53. The molecule has 1 aromatic heterocycles. The number of rotatable bonds is 6. The molecule has 0 saturated carbocycles. The molecule has 0 spiro atoms. The van der Waals surface area contributed by atoms with E-state index in [-0.39, 0.29) is 0 Å². The van der Waals surface area contributed by atoms with Gasteiger partial charge in [-0.3, -0.25) is 0 Å². The van der Waals surface area contributed by atoms with Crippen LogP contribution >= 0.6 is 0 Å². The fourth-order valence-electron chi connectivity index (χ4n) is 1.54. The first-order chi connectivity index (χ1) is 9.33. The minimum atomic E-state index is 0.489. The third-order valence-corrected chi connectivity index (χ3v) is 2.45. The van der Waals surface area contributed by atoms with Crippen LogP contribution in [0.15, 0.2) is 49.1 Å². The van der Waals surface area contributed by atoms with Crippen molar-refractivity contribution in [3.63, 3.8) is 0 Å². The number of nitrogen functional groups attached to an aromatic ring is 1. The predicted molar refractivity (Wildman–Crippen MR) is 75.6 cm³/mol. The minimum Gasteiger partial charge on any atom is -0.477 e. The van der Waals surface area contributed by atoms with Gasteiger partial charge in [-0.2, -0.15) is 4.98 Å². The maximum Gasteiger partial charge on any atom is 0.219 e. The zero-order valence-corrected chi connectivity index (χ0v) is 10.5. The normalized spacial score (nSPS) is 9.95. The Bertz CT molecular complexity index is 542. The Morgan fingerprint density at radius 2 is 2.05 bits per heavy atom. The molecule has 0 bridgehead atoms. The van der Waals surface area contributed by atoms with Crippen molar-refractivity contribution in [1.82, 2.24) is 9.97 Å². The van der Waals surface area contributed by atoms with Crippen molar-refractivity contribution >= 4 is 5.82 Å². The van der Waals surface area contributed by atoms with E-state index >= 15 is 0 Å². The van der Waals surface area contributed by atoms with Crippen LogP contribution < -0.4 is 16.0 Å². The summed E-state index contributed by atoms with van der Waals surface area (Å²) < 4.78 is 5.53. The van der Waals surface area contributed by atoms with Gasteiger partial charge in [0.25, 0.3) is 0 Å². The molecule has 5 heteroatoms. The molecule has 2 aromatic rings. The minimum absolute atomic E-state index is 0.489. The third kappa shape index (κ3) is 3.53. The van der Waals surface area contributed by atoms with Crippen LogP contribution in [0.2, 0.25) is 0 Å². The van der Waals surface area contributed by atoms with Crippen molar-refractivity contribution in [2.24, 2.45) is 5.84 Å². The van der Waals surface area contributed by atoms with Crippen LogP contribution in [0.1, 0.15) is 6.42 Å². The zero-order valence-electron chi connectivity index (χ0n) is 10.5. The first-order valence-corrected chi connectivity index (χ1v) is 5.98. The molecular weight excluding hydrogens is 240 g/mol. The van der Waals surface area contributed by atoms with Gasteiger partial charge in [-0.25, -0.2) is 10.8 Å². The number of benzene rings is 1. The predicted octanol–water partition coefficient (Wildman–Crippen LogP) is 2.38. The van der Waals surface area contributed by atoms with E-state index < -0.39 is 0 Å². The summed E-state index contributed by atoms with van der Waals surface area (Å²) in [7, 11) is 0. The molecule has 0 aliphatic carbocycles. The van der Waals surface area contributed by atoms with E-state index in [0.717, 1.165) is 12.0 Å². The van der Waals surface area contributed by atoms with Gasteiger partial charge in [0.1, 0.15) is 5.82 Å². The van der Waals surface area contributed by atoms with E-state index in [1.54, 1.807) is 12.1 Å². The van der Waals surface area contributed by atoms with E-state index in [4.69, 9.17) is 10.6 Å². The lowest BCUT2D eigenvalue weighted by atomic mass is 10.2. The molecule has 2 rings (SSSR count). The summed E-state index contributed by atoms with van der Waals surface area (Å²) in [5.74, 6) is 6.99. The van der Waals surface area contributed by atoms with Crippen LogP contribution in [-0.4, -0.2) is 16.6 Å². The van der Waals surface area contributed by atoms with Crippen LogP contribution in [-0.2, 0) is 0 Å². The number of hydrogen-bond donors (Lipinski definition) is 2. The van der Waals surface area contributed by atoms with Crippen molar-refractivity contribution in [3.8, 4) is 17.3 Å². The van der Waals surface area contributed by atoms with Gasteiger partial charge in [0.2, 0.25) is 5.88 Å². The first-order valence-electron chi connectivity index (χ1n) is 5.98. The smallest absolute Gasteiger partial charge is 0.219 e. The highest BCUT2D eigenvalue weighted by Crippen LogP contribution is 2.20. The van der Waals surface area contributed by atoms with Crippen LogP contribution in [0, 0.1) is 0 Å². The summed E-state index contributed by atoms with van der Waals surface area (Å²) in [6.45, 7) is 4.17. The van der Waals surface area contributed by atoms with E-state index in [1.807, 2.05) is 30.3 Å². The number of nitrogens with two attached hydrogens (primary N) is 1. The summed E-state index contributed by atoms with van der Waals surface area (Å²) in [5, 5.41) is 0. The van der Waals surface area contributed by atoms with Gasteiger partial charge in [-0.1, -0.05) is 36.4 Å². The lowest BCUT2D eigenvalue weighted by molar-refractivity contribution is 0.312. The van der Waals surface area contributed by atoms with Crippen molar-refractivity contribution in [1.29, 1.82) is 0 Å². The number of anilines is 1. The standard InChI is InChI=1S/C14H16N4O/c1-2-3-9-19-13-10-12(18-15)16-14(17-13)11-7-5-4-6-8-11/h2,4-8,10H,1,3,9,15H2,(H,16,17,18). The zero-order chi connectivity index (χ0) is 13.5. The lowest BCUT2D eigenvalue weighted by Gasteiger charge is -2.08. The molecule has 5 nitrogen and oxygen atoms in total. The van der Waals surface area contributed by atoms with Gasteiger partial charge >= 0.3 is 0 Å². The molecule has 19 heavy (non-hydrogen) atoms. The monoisotopic (exact) mass is 256 g/mol. The average Bonchev–Trinajstić information content (AvgIpc) is 2.48. The van der Waals surface area contributed by atoms with Crippen LogP contribution in [0.25, 0.3) is 11.4 Å². The number of aromatic nitrogens is 2. The van der Waals surface area contributed by atoms with Crippen LogP contribution in [0.3, 0.4) is 0 Å². The molecule has 0 fully saturated rings. The Morgan fingerprint density at radius 1 is 1.26 bits per heavy atom. The molecule has 1 aromatic carbocycles. The Balaban J connectivity index is 2.28. The highest BCUT2D eigenvalue weighted by molar-refractivity contribution is 5.57. The van der Waals surface area contributed by atoms with Gasteiger partial charge in [0.05, 0.1) is 6.61 Å². The summed E-state index contributed by atoms with van der Waals surface area (Å²) in [4.78, 5) is 8.66. The Morgan fingerprint density at radius 3 is 2.74 bits per heavy atom. The van der Waals surface area contributed by atoms with Crippen LogP contribution in [0.4, 0.5) is 5.82 Å². The molecule has 0 radical (unpaired) electrons. The fourth-order valence-corrected chi connectivity index (χ4v) is 1.54. The topological polar surface area (TPSA) is 73.1 Å². The third-order valence-electron chi connectivity index (χ3n) is 2.45. The molecule has 1 heterocycles. The largest absolute Gasteiger partial charge is 0.477 e. The Hall–Kier alpha value is -2.40. The van der Waals surface area contributed by atoms with Gasteiger partial charge in [-0.05, 0) is 6.42 Å². The van der Waals surface area contributed by atoms with Crippen LogP contribution in [0.5, 0.6) is 5.88 Å². The van der Waals surface area contributed by atoms with E-state index in [9.17, 15) is 0 Å². The molecule has 98 valence electrons. The van der Waals surface area contributed by atoms with E-state index in [1.165, 1.54) is 0 Å². The Labute approximate surface area is 112 Å². The van der Waals surface area contributed by atoms with Crippen molar-refractivity contribution in [2.45, 2.75) is 6.42 Å². The second-order valence-corrected chi connectivity index (χ2v) is 3.85. The Kier molecular flexibility index (Phi) is 4.47. The van der Waals surface area contributed by atoms with Crippen molar-refractivity contribution in [2.75, 3.05) is 12.0 Å². The maximum absolute atomic E-state index is 5.53. The molecule has 3 N–H and O–H groups in total. The molecule has 0 aliphatic rings. The molecule has 0 unspecified atom stereocenters. The highest BCUT2D eigenvalue weighted by Gasteiger charge is 2.06. The van der Waals surface area contributed by atoms with Gasteiger partial charge in [-0.15, -0.1) is 6.58 Å². The SMILES string of the molecule is C=CCCOc1cc(NN)nc(-c2ccccc2)n1. The summed E-state index contributed by atoms with van der Waals surface area (Å²) in [5.41, 5.74) is 3.43. The highest BCUT2D eigenvalue weighted by atomic mass is 16.5. The number of nitrogens with zero attached hydrogens (tertiary/aromatic N) is 2. The van der Waals surface area contributed by atoms with Gasteiger partial charge in [0, 0.05) is 11.6 Å². The van der Waals surface area contributed by atoms with Gasteiger partial charge < -0.3 is 10.2 Å². The van der Waals surface area contributed by atoms with E-state index in [2.05, 4.69) is 22.0 Å². The number of nitrogens with one attached hydrogen (secondary N) is 1. The number of hydrazine groups is 1. The lowest BCUT2D eigenvalue weighted by Crippen LogP contribution is -2.10. The molecule has 0 atom stereocenters.